The predicted molar refractivity (Wildman–Crippen MR) is 184 cm³/mol. The number of ether oxygens (including phenoxy) is 4. The maximum Gasteiger partial charge on any atom is 0.407 e. The Balaban J connectivity index is 1.54. The first kappa shape index (κ1) is 37.3. The van der Waals surface area contributed by atoms with Crippen molar-refractivity contribution in [3.8, 4) is 0 Å². The van der Waals surface area contributed by atoms with Gasteiger partial charge in [-0.25, -0.2) is 9.59 Å². The van der Waals surface area contributed by atoms with Gasteiger partial charge in [-0.15, -0.1) is 0 Å². The molecular weight excluding hydrogens is 610 g/mol. The lowest BCUT2D eigenvalue weighted by atomic mass is 9.38. The summed E-state index contributed by atoms with van der Waals surface area (Å²) in [4.78, 5) is 26.5. The maximum absolute atomic E-state index is 13.8. The first-order valence-electron chi connectivity index (χ1n) is 18.3. The maximum atomic E-state index is 13.8. The van der Waals surface area contributed by atoms with Crippen LogP contribution in [0.2, 0.25) is 0 Å². The second kappa shape index (κ2) is 12.4. The molecule has 1 saturated heterocycles. The standard InChI is InChI=1S/C39H63NO8/c1-14-28-46-27-18-24-15-16-37(24,12)31-23(6)39(36(10,11)44)19-26(21(4)29(39)22(5)32(47-28)38(27,31)13)45-33(42)30(41)25(17-20(2)3)40-34(43)48-35(7,8)9/h14,20,22-28,30-32,41,44H,1,15-19H2,2-13H3,(H,40,43)/t22-,23-,24+,25-,26-,27-,28?,30?,31+,32-,37+,38+,39+/m0/s1. The molecule has 9 nitrogen and oxygen atoms in total. The highest BCUT2D eigenvalue weighted by Gasteiger charge is 2.74. The van der Waals surface area contributed by atoms with E-state index in [4.69, 9.17) is 18.9 Å². The van der Waals surface area contributed by atoms with E-state index in [2.05, 4.69) is 39.6 Å². The molecule has 272 valence electrons. The largest absolute Gasteiger partial charge is 0.456 e. The van der Waals surface area contributed by atoms with Gasteiger partial charge in [-0.05, 0) is 108 Å². The summed E-state index contributed by atoms with van der Waals surface area (Å²) < 4.78 is 25.1. The third-order valence-electron chi connectivity index (χ3n) is 13.4. The van der Waals surface area contributed by atoms with Crippen molar-refractivity contribution in [1.29, 1.82) is 0 Å². The molecule has 9 heteroatoms. The number of carbonyl (C=O) groups is 2. The number of aliphatic hydroxyl groups is 2. The Morgan fingerprint density at radius 1 is 1.15 bits per heavy atom. The van der Waals surface area contributed by atoms with Crippen LogP contribution in [0.1, 0.15) is 115 Å². The molecule has 0 radical (unpaired) electrons. The number of aliphatic hydroxyl groups excluding tert-OH is 1. The molecule has 1 heterocycles. The minimum atomic E-state index is -1.60. The molecule has 3 saturated carbocycles. The topological polar surface area (TPSA) is 124 Å². The number of rotatable bonds is 8. The van der Waals surface area contributed by atoms with Crippen molar-refractivity contribution in [2.45, 2.75) is 163 Å². The van der Waals surface area contributed by atoms with Crippen LogP contribution in [0, 0.1) is 45.8 Å². The summed E-state index contributed by atoms with van der Waals surface area (Å²) in [6.07, 6.45) is 2.10. The molecule has 1 amide bonds. The molecule has 2 unspecified atom stereocenters. The van der Waals surface area contributed by atoms with Crippen LogP contribution in [0.15, 0.2) is 23.8 Å². The van der Waals surface area contributed by atoms with Gasteiger partial charge >= 0.3 is 12.1 Å². The van der Waals surface area contributed by atoms with E-state index >= 15 is 0 Å². The molecule has 0 aromatic heterocycles. The fourth-order valence-electron chi connectivity index (χ4n) is 11.5. The number of amides is 1. The van der Waals surface area contributed by atoms with Crippen molar-refractivity contribution >= 4 is 12.1 Å². The zero-order chi connectivity index (χ0) is 35.9. The predicted octanol–water partition coefficient (Wildman–Crippen LogP) is 6.70. The highest BCUT2D eigenvalue weighted by atomic mass is 16.7. The van der Waals surface area contributed by atoms with Crippen LogP contribution >= 0.6 is 0 Å². The van der Waals surface area contributed by atoms with Gasteiger partial charge < -0.3 is 34.5 Å². The molecule has 0 bridgehead atoms. The molecule has 4 aliphatic carbocycles. The third kappa shape index (κ3) is 5.76. The number of alkyl carbamates (subject to hydrolysis) is 1. The molecule has 4 fully saturated rings. The van der Waals surface area contributed by atoms with E-state index in [1.54, 1.807) is 26.8 Å². The molecule has 13 atom stereocenters. The zero-order valence-electron chi connectivity index (χ0n) is 31.5. The minimum absolute atomic E-state index is 0.000805. The van der Waals surface area contributed by atoms with Crippen LogP contribution in [0.4, 0.5) is 4.79 Å². The van der Waals surface area contributed by atoms with E-state index in [1.807, 2.05) is 34.6 Å². The smallest absolute Gasteiger partial charge is 0.407 e. The Morgan fingerprint density at radius 2 is 1.79 bits per heavy atom. The van der Waals surface area contributed by atoms with Crippen LogP contribution in [0.3, 0.4) is 0 Å². The first-order valence-corrected chi connectivity index (χ1v) is 18.3. The van der Waals surface area contributed by atoms with Crippen LogP contribution < -0.4 is 5.32 Å². The number of carbonyl (C=O) groups excluding carboxylic acids is 2. The Labute approximate surface area is 288 Å². The summed E-state index contributed by atoms with van der Waals surface area (Å²) >= 11 is 0. The molecule has 1 aliphatic heterocycles. The Bertz CT molecular complexity index is 1310. The van der Waals surface area contributed by atoms with Gasteiger partial charge in [-0.2, -0.15) is 0 Å². The SMILES string of the molecule is C=CC1O[C@H]2C[C@H]3CC[C@@]3(C)[C@H]3[C@H](C)[C@]4(C(C)(C)O)C[C@H](OC(=O)C(O)[C@H](CC(C)C)NC(=O)OC(C)(C)C)C(C)=C4[C@H](C)[C@H](O1)[C@]23C. The van der Waals surface area contributed by atoms with E-state index < -0.39 is 53.2 Å². The fourth-order valence-corrected chi connectivity index (χ4v) is 11.5. The Kier molecular flexibility index (Phi) is 9.62. The molecule has 5 aliphatic rings. The summed E-state index contributed by atoms with van der Waals surface area (Å²) in [5.41, 5.74) is -0.896. The van der Waals surface area contributed by atoms with E-state index in [0.29, 0.717) is 18.8 Å². The van der Waals surface area contributed by atoms with Gasteiger partial charge in [-0.1, -0.05) is 53.7 Å². The molecule has 5 rings (SSSR count). The number of hydrogen-bond donors (Lipinski definition) is 3. The van der Waals surface area contributed by atoms with Crippen LogP contribution in [0.25, 0.3) is 0 Å². The average Bonchev–Trinajstić information content (AvgIpc) is 3.22. The summed E-state index contributed by atoms with van der Waals surface area (Å²) in [5, 5.41) is 26.4. The Morgan fingerprint density at radius 3 is 2.31 bits per heavy atom. The van der Waals surface area contributed by atoms with Gasteiger partial charge in [0.05, 0.1) is 23.9 Å². The summed E-state index contributed by atoms with van der Waals surface area (Å²) in [6.45, 7) is 28.3. The fraction of sp³-hybridized carbons (Fsp3) is 0.846. The van der Waals surface area contributed by atoms with E-state index in [1.165, 1.54) is 6.42 Å². The molecule has 0 aromatic rings. The lowest BCUT2D eigenvalue weighted by molar-refractivity contribution is -0.343. The number of fused-ring (bicyclic) bond motifs is 3. The second-order valence-corrected chi connectivity index (χ2v) is 18.3. The van der Waals surface area contributed by atoms with E-state index in [0.717, 1.165) is 24.0 Å². The van der Waals surface area contributed by atoms with Crippen molar-refractivity contribution < 1.29 is 38.7 Å². The average molecular weight is 674 g/mol. The first-order chi connectivity index (χ1) is 22.0. The monoisotopic (exact) mass is 673 g/mol. The van der Waals surface area contributed by atoms with Crippen molar-refractivity contribution in [1.82, 2.24) is 5.32 Å². The number of esters is 1. The van der Waals surface area contributed by atoms with Crippen molar-refractivity contribution in [3.05, 3.63) is 23.8 Å². The van der Waals surface area contributed by atoms with Crippen molar-refractivity contribution in [2.24, 2.45) is 45.8 Å². The summed E-state index contributed by atoms with van der Waals surface area (Å²) in [7, 11) is 0. The van der Waals surface area contributed by atoms with Gasteiger partial charge in [0, 0.05) is 23.2 Å². The van der Waals surface area contributed by atoms with Gasteiger partial charge in [0.15, 0.2) is 12.4 Å². The van der Waals surface area contributed by atoms with Gasteiger partial charge in [0.1, 0.15) is 11.7 Å². The minimum Gasteiger partial charge on any atom is -0.456 e. The number of hydrogen-bond acceptors (Lipinski definition) is 8. The van der Waals surface area contributed by atoms with E-state index in [-0.39, 0.29) is 46.7 Å². The normalized spacial score (nSPS) is 42.0. The molecular formula is C39H63NO8. The van der Waals surface area contributed by atoms with Gasteiger partial charge in [0.25, 0.3) is 0 Å². The summed E-state index contributed by atoms with van der Waals surface area (Å²) in [6, 6.07) is -0.893. The summed E-state index contributed by atoms with van der Waals surface area (Å²) in [5.74, 6) is -0.136. The third-order valence-corrected chi connectivity index (χ3v) is 13.4. The lowest BCUT2D eigenvalue weighted by Crippen LogP contribution is -2.69. The van der Waals surface area contributed by atoms with E-state index in [9.17, 15) is 19.8 Å². The molecule has 48 heavy (non-hydrogen) atoms. The van der Waals surface area contributed by atoms with Crippen LogP contribution in [0.5, 0.6) is 0 Å². The Hall–Kier alpha value is -1.94. The second-order valence-electron chi connectivity index (χ2n) is 18.3. The van der Waals surface area contributed by atoms with Crippen molar-refractivity contribution in [3.63, 3.8) is 0 Å². The number of nitrogens with one attached hydrogen (secondary N) is 1. The zero-order valence-corrected chi connectivity index (χ0v) is 31.5. The highest BCUT2D eigenvalue weighted by molar-refractivity contribution is 5.77. The van der Waals surface area contributed by atoms with Crippen LogP contribution in [-0.2, 0) is 23.7 Å². The molecule has 3 N–H and O–H groups in total. The van der Waals surface area contributed by atoms with Gasteiger partial charge in [0.2, 0.25) is 0 Å². The van der Waals surface area contributed by atoms with Crippen molar-refractivity contribution in [2.75, 3.05) is 0 Å². The van der Waals surface area contributed by atoms with Gasteiger partial charge in [-0.3, -0.25) is 0 Å². The highest BCUT2D eigenvalue weighted by Crippen LogP contribution is 2.75. The molecule has 0 aromatic carbocycles. The molecule has 0 spiro atoms. The van der Waals surface area contributed by atoms with Crippen LogP contribution in [-0.4, -0.2) is 70.2 Å². The quantitative estimate of drug-likeness (QED) is 0.192. The lowest BCUT2D eigenvalue weighted by Gasteiger charge is -2.69.